The molecule has 2 heteroatoms. The molecule has 2 nitrogen and oxygen atoms in total. The zero-order valence-electron chi connectivity index (χ0n) is 16.2. The molecule has 0 bridgehead atoms. The highest BCUT2D eigenvalue weighted by Gasteiger charge is 2.54. The van der Waals surface area contributed by atoms with Gasteiger partial charge in [0, 0.05) is 6.42 Å². The second-order valence-electron chi connectivity index (χ2n) is 9.88. The molecule has 0 aromatic carbocycles. The molecule has 2 saturated carbocycles. The molecule has 0 unspecified atom stereocenters. The molecule has 24 heavy (non-hydrogen) atoms. The van der Waals surface area contributed by atoms with E-state index < -0.39 is 5.97 Å². The lowest BCUT2D eigenvalue weighted by Gasteiger charge is -2.59. The van der Waals surface area contributed by atoms with E-state index in [4.69, 9.17) is 0 Å². The quantitative estimate of drug-likeness (QED) is 0.621. The lowest BCUT2D eigenvalue weighted by Crippen LogP contribution is -2.50. The highest BCUT2D eigenvalue weighted by Crippen LogP contribution is 2.64. The van der Waals surface area contributed by atoms with Crippen molar-refractivity contribution in [3.8, 4) is 0 Å². The largest absolute Gasteiger partial charge is 0.481 e. The molecule has 3 aliphatic rings. The van der Waals surface area contributed by atoms with Crippen LogP contribution in [-0.2, 0) is 4.79 Å². The Morgan fingerprint density at radius 2 is 2.00 bits per heavy atom. The van der Waals surface area contributed by atoms with Crippen molar-refractivity contribution in [1.82, 2.24) is 0 Å². The summed E-state index contributed by atoms with van der Waals surface area (Å²) < 4.78 is 0. The number of aliphatic carboxylic acids is 1. The minimum absolute atomic E-state index is 0.211. The van der Waals surface area contributed by atoms with Crippen molar-refractivity contribution in [2.75, 3.05) is 0 Å². The predicted molar refractivity (Wildman–Crippen MR) is 98.9 cm³/mol. The first-order chi connectivity index (χ1) is 11.2. The molecule has 136 valence electrons. The Labute approximate surface area is 148 Å². The first-order valence-corrected chi connectivity index (χ1v) is 10.1. The van der Waals surface area contributed by atoms with E-state index in [1.165, 1.54) is 51.4 Å². The van der Waals surface area contributed by atoms with Gasteiger partial charge in [0.1, 0.15) is 0 Å². The summed E-state index contributed by atoms with van der Waals surface area (Å²) in [6.07, 6.45) is 14.1. The maximum atomic E-state index is 11.1. The van der Waals surface area contributed by atoms with Crippen molar-refractivity contribution in [3.05, 3.63) is 11.6 Å². The van der Waals surface area contributed by atoms with Gasteiger partial charge in [-0.3, -0.25) is 4.79 Å². The minimum Gasteiger partial charge on any atom is -0.481 e. The van der Waals surface area contributed by atoms with Gasteiger partial charge in [0.25, 0.3) is 0 Å². The van der Waals surface area contributed by atoms with Gasteiger partial charge >= 0.3 is 5.97 Å². The van der Waals surface area contributed by atoms with E-state index in [2.05, 4.69) is 33.8 Å². The molecule has 0 aromatic heterocycles. The summed E-state index contributed by atoms with van der Waals surface area (Å²) in [5.41, 5.74) is 2.79. The Balaban J connectivity index is 1.88. The SMILES string of the molecule is CC[C@@]1(C)CC=C2[C@@H](CC[C@@H]3[C@](C)(CCC(=O)O)CCC[C@@]23C)C1. The monoisotopic (exact) mass is 332 g/mol. The van der Waals surface area contributed by atoms with Gasteiger partial charge in [-0.05, 0) is 73.0 Å². The normalized spacial score (nSPS) is 45.1. The van der Waals surface area contributed by atoms with E-state index in [9.17, 15) is 9.90 Å². The number of rotatable bonds is 4. The number of carbonyl (C=O) groups is 1. The summed E-state index contributed by atoms with van der Waals surface area (Å²) >= 11 is 0. The molecular formula is C22H36O2. The third-order valence-electron chi connectivity index (χ3n) is 8.27. The van der Waals surface area contributed by atoms with Crippen LogP contribution in [0.4, 0.5) is 0 Å². The molecule has 1 N–H and O–H groups in total. The average molecular weight is 333 g/mol. The summed E-state index contributed by atoms with van der Waals surface area (Å²) in [6.45, 7) is 9.71. The van der Waals surface area contributed by atoms with Gasteiger partial charge in [-0.15, -0.1) is 0 Å². The number of hydrogen-bond donors (Lipinski definition) is 1. The minimum atomic E-state index is -0.632. The lowest BCUT2D eigenvalue weighted by molar-refractivity contribution is -0.138. The molecule has 0 amide bonds. The number of allylic oxidation sites excluding steroid dienone is 2. The van der Waals surface area contributed by atoms with Crippen molar-refractivity contribution in [2.45, 2.75) is 91.9 Å². The third-order valence-corrected chi connectivity index (χ3v) is 8.27. The highest BCUT2D eigenvalue weighted by atomic mass is 16.4. The van der Waals surface area contributed by atoms with Crippen LogP contribution < -0.4 is 0 Å². The average Bonchev–Trinajstić information content (AvgIpc) is 2.52. The predicted octanol–water partition coefficient (Wildman–Crippen LogP) is 6.21. The maximum Gasteiger partial charge on any atom is 0.303 e. The van der Waals surface area contributed by atoms with Crippen LogP contribution in [0.1, 0.15) is 91.9 Å². The molecule has 0 heterocycles. The fourth-order valence-corrected chi connectivity index (χ4v) is 6.61. The van der Waals surface area contributed by atoms with Gasteiger partial charge in [0.15, 0.2) is 0 Å². The fraction of sp³-hybridized carbons (Fsp3) is 0.864. The van der Waals surface area contributed by atoms with Crippen LogP contribution in [0.15, 0.2) is 11.6 Å². The van der Waals surface area contributed by atoms with E-state index in [-0.39, 0.29) is 5.41 Å². The maximum absolute atomic E-state index is 11.1. The van der Waals surface area contributed by atoms with Crippen molar-refractivity contribution < 1.29 is 9.90 Å². The van der Waals surface area contributed by atoms with Crippen molar-refractivity contribution in [3.63, 3.8) is 0 Å². The van der Waals surface area contributed by atoms with E-state index >= 15 is 0 Å². The summed E-state index contributed by atoms with van der Waals surface area (Å²) in [4.78, 5) is 11.1. The molecule has 0 radical (unpaired) electrons. The fourth-order valence-electron chi connectivity index (χ4n) is 6.61. The topological polar surface area (TPSA) is 37.3 Å². The van der Waals surface area contributed by atoms with Gasteiger partial charge < -0.3 is 5.11 Å². The lowest BCUT2D eigenvalue weighted by atomic mass is 9.45. The second-order valence-corrected chi connectivity index (χ2v) is 9.88. The molecule has 5 atom stereocenters. The van der Waals surface area contributed by atoms with E-state index in [0.717, 1.165) is 12.3 Å². The zero-order chi connectivity index (χ0) is 17.6. The molecule has 0 aromatic rings. The van der Waals surface area contributed by atoms with Crippen LogP contribution in [0.3, 0.4) is 0 Å². The Kier molecular flexibility index (Phi) is 4.64. The standard InChI is InChI=1S/C22H36O2/c1-5-20(2)13-9-17-16(15-20)7-8-18-21(3,14-10-19(23)24)11-6-12-22(17,18)4/h9,16,18H,5-8,10-15H2,1-4H3,(H,23,24)/t16-,18+,20-,21-,22-/m0/s1. The van der Waals surface area contributed by atoms with Crippen LogP contribution in [-0.4, -0.2) is 11.1 Å². The zero-order valence-corrected chi connectivity index (χ0v) is 16.2. The Morgan fingerprint density at radius 1 is 1.25 bits per heavy atom. The summed E-state index contributed by atoms with van der Waals surface area (Å²) in [5, 5.41) is 9.18. The molecule has 2 fully saturated rings. The number of hydrogen-bond acceptors (Lipinski definition) is 1. The van der Waals surface area contributed by atoms with E-state index in [1.54, 1.807) is 5.57 Å². The van der Waals surface area contributed by atoms with Crippen molar-refractivity contribution in [2.24, 2.45) is 28.1 Å². The van der Waals surface area contributed by atoms with Gasteiger partial charge in [-0.1, -0.05) is 52.2 Å². The van der Waals surface area contributed by atoms with Gasteiger partial charge in [-0.2, -0.15) is 0 Å². The molecule has 3 aliphatic carbocycles. The first-order valence-electron chi connectivity index (χ1n) is 10.1. The number of carboxylic acids is 1. The van der Waals surface area contributed by atoms with Crippen LogP contribution in [0.2, 0.25) is 0 Å². The van der Waals surface area contributed by atoms with Crippen molar-refractivity contribution >= 4 is 5.97 Å². The molecule has 0 spiro atoms. The van der Waals surface area contributed by atoms with Crippen LogP contribution in [0, 0.1) is 28.1 Å². The Bertz CT molecular complexity index is 536. The van der Waals surface area contributed by atoms with Gasteiger partial charge in [0.05, 0.1) is 0 Å². The summed E-state index contributed by atoms with van der Waals surface area (Å²) in [5.74, 6) is 0.825. The summed E-state index contributed by atoms with van der Waals surface area (Å²) in [6, 6.07) is 0. The third kappa shape index (κ3) is 2.95. The molecule has 0 aliphatic heterocycles. The molecule has 3 rings (SSSR count). The Morgan fingerprint density at radius 3 is 2.67 bits per heavy atom. The van der Waals surface area contributed by atoms with E-state index in [1.807, 2.05) is 0 Å². The van der Waals surface area contributed by atoms with Gasteiger partial charge in [0.2, 0.25) is 0 Å². The van der Waals surface area contributed by atoms with Gasteiger partial charge in [-0.25, -0.2) is 0 Å². The summed E-state index contributed by atoms with van der Waals surface area (Å²) in [7, 11) is 0. The first kappa shape index (κ1) is 18.0. The van der Waals surface area contributed by atoms with Crippen molar-refractivity contribution in [1.29, 1.82) is 0 Å². The number of carboxylic acid groups (broad SMARTS) is 1. The molecule has 0 saturated heterocycles. The Hall–Kier alpha value is -0.790. The second kappa shape index (κ2) is 6.18. The van der Waals surface area contributed by atoms with E-state index in [0.29, 0.717) is 23.2 Å². The highest BCUT2D eigenvalue weighted by molar-refractivity contribution is 5.66. The smallest absolute Gasteiger partial charge is 0.303 e. The van der Waals surface area contributed by atoms with Crippen LogP contribution in [0.25, 0.3) is 0 Å². The number of fused-ring (bicyclic) bond motifs is 3. The van der Waals surface area contributed by atoms with Crippen LogP contribution >= 0.6 is 0 Å². The van der Waals surface area contributed by atoms with Crippen LogP contribution in [0.5, 0.6) is 0 Å². The molecular weight excluding hydrogens is 296 g/mol.